The first kappa shape index (κ1) is 11.8. The molecule has 0 aliphatic heterocycles. The minimum atomic E-state index is -0.369. The van der Waals surface area contributed by atoms with Crippen LogP contribution in [0.1, 0.15) is 15.4 Å². The molecule has 1 heterocycles. The van der Waals surface area contributed by atoms with Gasteiger partial charge in [0.05, 0.1) is 10.7 Å². The number of carbonyl (C=O) groups excluding carboxylic acids is 1. The summed E-state index contributed by atoms with van der Waals surface area (Å²) in [5.41, 5.74) is 6.84. The van der Waals surface area contributed by atoms with Crippen LogP contribution in [0.4, 0.5) is 10.8 Å². The van der Waals surface area contributed by atoms with Gasteiger partial charge in [0.1, 0.15) is 0 Å². The molecule has 88 valence electrons. The molecule has 1 aromatic carbocycles. The van der Waals surface area contributed by atoms with Crippen LogP contribution in [0, 0.1) is 6.92 Å². The van der Waals surface area contributed by atoms with E-state index in [4.69, 9.17) is 17.3 Å². The molecular formula is C10H9ClN4OS. The number of aromatic nitrogens is 2. The molecule has 1 aromatic heterocycles. The molecule has 0 fully saturated rings. The Hall–Kier alpha value is -1.66. The fourth-order valence-corrected chi connectivity index (χ4v) is 1.92. The van der Waals surface area contributed by atoms with Crippen LogP contribution in [0.15, 0.2) is 18.2 Å². The number of benzene rings is 1. The third-order valence-electron chi connectivity index (χ3n) is 2.07. The first-order valence-corrected chi connectivity index (χ1v) is 5.93. The number of nitrogens with zero attached hydrogens (tertiary/aromatic N) is 2. The summed E-state index contributed by atoms with van der Waals surface area (Å²) < 4.78 is 0. The van der Waals surface area contributed by atoms with Gasteiger partial charge >= 0.3 is 0 Å². The second-order valence-corrected chi connectivity index (χ2v) is 4.72. The van der Waals surface area contributed by atoms with E-state index in [1.165, 1.54) is 0 Å². The summed E-state index contributed by atoms with van der Waals surface area (Å²) in [6, 6.07) is 5.39. The highest BCUT2D eigenvalue weighted by Crippen LogP contribution is 2.25. The van der Waals surface area contributed by atoms with Crippen LogP contribution < -0.4 is 11.1 Å². The summed E-state index contributed by atoms with van der Waals surface area (Å²) in [6.45, 7) is 1.86. The Morgan fingerprint density at radius 3 is 2.88 bits per heavy atom. The van der Waals surface area contributed by atoms with Crippen LogP contribution in [0.5, 0.6) is 0 Å². The van der Waals surface area contributed by atoms with Gasteiger partial charge in [0.25, 0.3) is 5.91 Å². The van der Waals surface area contributed by atoms with E-state index in [-0.39, 0.29) is 16.0 Å². The van der Waals surface area contributed by atoms with Crippen molar-refractivity contribution in [1.29, 1.82) is 0 Å². The van der Waals surface area contributed by atoms with E-state index in [9.17, 15) is 4.79 Å². The van der Waals surface area contributed by atoms with E-state index in [0.717, 1.165) is 16.9 Å². The summed E-state index contributed by atoms with van der Waals surface area (Å²) in [7, 11) is 0. The number of amides is 1. The standard InChI is InChI=1S/C10H9ClN4OS/c1-5-3-2-4-6(7(5)11)13-8(16)9-14-15-10(12)17-9/h2-4H,1H3,(H2,12,15)(H,13,16). The van der Waals surface area contributed by atoms with Gasteiger partial charge in [-0.25, -0.2) is 0 Å². The number of halogens is 1. The Balaban J connectivity index is 2.21. The molecule has 0 aliphatic carbocycles. The zero-order valence-corrected chi connectivity index (χ0v) is 10.5. The fourth-order valence-electron chi connectivity index (χ4n) is 1.25. The minimum Gasteiger partial charge on any atom is -0.374 e. The average molecular weight is 269 g/mol. The molecule has 2 aromatic rings. The maximum atomic E-state index is 11.8. The summed E-state index contributed by atoms with van der Waals surface area (Å²) in [6.07, 6.45) is 0. The number of nitrogens with one attached hydrogen (secondary N) is 1. The largest absolute Gasteiger partial charge is 0.374 e. The van der Waals surface area contributed by atoms with Gasteiger partial charge in [0.15, 0.2) is 0 Å². The zero-order chi connectivity index (χ0) is 12.4. The van der Waals surface area contributed by atoms with Gasteiger partial charge in [-0.3, -0.25) is 4.79 Å². The number of rotatable bonds is 2. The predicted molar refractivity (Wildman–Crippen MR) is 68.5 cm³/mol. The molecule has 0 unspecified atom stereocenters. The van der Waals surface area contributed by atoms with E-state index in [0.29, 0.717) is 10.7 Å². The Kier molecular flexibility index (Phi) is 3.26. The van der Waals surface area contributed by atoms with Crippen LogP contribution >= 0.6 is 22.9 Å². The van der Waals surface area contributed by atoms with Crippen LogP contribution in [0.25, 0.3) is 0 Å². The Bertz CT molecular complexity index is 569. The molecule has 0 atom stereocenters. The normalized spacial score (nSPS) is 10.2. The highest BCUT2D eigenvalue weighted by Gasteiger charge is 2.13. The van der Waals surface area contributed by atoms with E-state index >= 15 is 0 Å². The number of anilines is 2. The number of aryl methyl sites for hydroxylation is 1. The molecular weight excluding hydrogens is 260 g/mol. The first-order chi connectivity index (χ1) is 8.08. The SMILES string of the molecule is Cc1cccc(NC(=O)c2nnc(N)s2)c1Cl. The van der Waals surface area contributed by atoms with Crippen molar-refractivity contribution >= 4 is 39.7 Å². The van der Waals surface area contributed by atoms with Crippen LogP contribution in [0.2, 0.25) is 5.02 Å². The molecule has 0 aliphatic rings. The lowest BCUT2D eigenvalue weighted by Crippen LogP contribution is -2.12. The molecule has 5 nitrogen and oxygen atoms in total. The predicted octanol–water partition coefficient (Wildman–Crippen LogP) is 2.33. The molecule has 0 saturated carbocycles. The van der Waals surface area contributed by atoms with Crippen LogP contribution in [-0.4, -0.2) is 16.1 Å². The Labute approximate surface area is 107 Å². The van der Waals surface area contributed by atoms with E-state index < -0.39 is 0 Å². The Morgan fingerprint density at radius 2 is 2.24 bits per heavy atom. The zero-order valence-electron chi connectivity index (χ0n) is 8.90. The summed E-state index contributed by atoms with van der Waals surface area (Å²) in [5.74, 6) is -0.369. The molecule has 3 N–H and O–H groups in total. The lowest BCUT2D eigenvalue weighted by Gasteiger charge is -2.06. The number of nitrogens with two attached hydrogens (primary N) is 1. The maximum Gasteiger partial charge on any atom is 0.286 e. The van der Waals surface area contributed by atoms with Gasteiger partial charge in [0, 0.05) is 0 Å². The molecule has 2 rings (SSSR count). The molecule has 0 saturated heterocycles. The van der Waals surface area contributed by atoms with Crippen molar-refractivity contribution in [3.63, 3.8) is 0 Å². The van der Waals surface area contributed by atoms with Crippen molar-refractivity contribution in [2.45, 2.75) is 6.92 Å². The lowest BCUT2D eigenvalue weighted by molar-refractivity contribution is 0.102. The number of hydrogen-bond acceptors (Lipinski definition) is 5. The molecule has 1 amide bonds. The fraction of sp³-hybridized carbons (Fsp3) is 0.100. The molecule has 0 spiro atoms. The minimum absolute atomic E-state index is 0.208. The summed E-state index contributed by atoms with van der Waals surface area (Å²) >= 11 is 7.08. The van der Waals surface area contributed by atoms with Crippen LogP contribution in [-0.2, 0) is 0 Å². The quantitative estimate of drug-likeness (QED) is 0.876. The molecule has 0 bridgehead atoms. The molecule has 0 radical (unpaired) electrons. The van der Waals surface area contributed by atoms with Crippen molar-refractivity contribution in [3.05, 3.63) is 33.8 Å². The van der Waals surface area contributed by atoms with Gasteiger partial charge in [-0.1, -0.05) is 35.1 Å². The van der Waals surface area contributed by atoms with E-state index in [1.54, 1.807) is 6.07 Å². The summed E-state index contributed by atoms with van der Waals surface area (Å²) in [4.78, 5) is 11.8. The van der Waals surface area contributed by atoms with Gasteiger partial charge < -0.3 is 11.1 Å². The van der Waals surface area contributed by atoms with Crippen molar-refractivity contribution in [1.82, 2.24) is 10.2 Å². The van der Waals surface area contributed by atoms with Gasteiger partial charge in [-0.2, -0.15) is 0 Å². The second kappa shape index (κ2) is 4.68. The summed E-state index contributed by atoms with van der Waals surface area (Å²) in [5, 5.41) is 10.9. The van der Waals surface area contributed by atoms with Gasteiger partial charge in [-0.15, -0.1) is 10.2 Å². The van der Waals surface area contributed by atoms with Crippen molar-refractivity contribution < 1.29 is 4.79 Å². The average Bonchev–Trinajstić information content (AvgIpc) is 2.72. The second-order valence-electron chi connectivity index (χ2n) is 3.34. The van der Waals surface area contributed by atoms with Crippen molar-refractivity contribution in [3.8, 4) is 0 Å². The number of nitrogen functional groups attached to an aromatic ring is 1. The number of carbonyl (C=O) groups is 1. The molecule has 7 heteroatoms. The number of hydrogen-bond donors (Lipinski definition) is 2. The first-order valence-electron chi connectivity index (χ1n) is 4.73. The maximum absolute atomic E-state index is 11.8. The van der Waals surface area contributed by atoms with E-state index in [2.05, 4.69) is 15.5 Å². The highest BCUT2D eigenvalue weighted by atomic mass is 35.5. The smallest absolute Gasteiger partial charge is 0.286 e. The van der Waals surface area contributed by atoms with Crippen LogP contribution in [0.3, 0.4) is 0 Å². The van der Waals surface area contributed by atoms with Gasteiger partial charge in [0.2, 0.25) is 10.1 Å². The monoisotopic (exact) mass is 268 g/mol. The third-order valence-corrected chi connectivity index (χ3v) is 3.33. The van der Waals surface area contributed by atoms with Crippen molar-refractivity contribution in [2.75, 3.05) is 11.1 Å². The van der Waals surface area contributed by atoms with Crippen molar-refractivity contribution in [2.24, 2.45) is 0 Å². The van der Waals surface area contributed by atoms with Gasteiger partial charge in [-0.05, 0) is 18.6 Å². The third kappa shape index (κ3) is 2.54. The molecule has 17 heavy (non-hydrogen) atoms. The topological polar surface area (TPSA) is 80.9 Å². The Morgan fingerprint density at radius 1 is 1.47 bits per heavy atom. The lowest BCUT2D eigenvalue weighted by atomic mass is 10.2. The van der Waals surface area contributed by atoms with E-state index in [1.807, 2.05) is 19.1 Å². The highest BCUT2D eigenvalue weighted by molar-refractivity contribution is 7.17.